The fourth-order valence-corrected chi connectivity index (χ4v) is 1.99. The monoisotopic (exact) mass is 247 g/mol. The van der Waals surface area contributed by atoms with Crippen LogP contribution in [0.15, 0.2) is 17.2 Å². The highest BCUT2D eigenvalue weighted by atomic mass is 16.1. The molecular weight excluding hydrogens is 230 g/mol. The van der Waals surface area contributed by atoms with Crippen LogP contribution in [0.1, 0.15) is 35.6 Å². The Morgan fingerprint density at radius 1 is 1.44 bits per heavy atom. The summed E-state index contributed by atoms with van der Waals surface area (Å²) in [6, 6.07) is -0.0586. The summed E-state index contributed by atoms with van der Waals surface area (Å²) in [6.45, 7) is 6.24. The molecule has 18 heavy (non-hydrogen) atoms. The maximum absolute atomic E-state index is 11.9. The molecule has 0 spiro atoms. The number of nitrogens with one attached hydrogen (secondary N) is 3. The van der Waals surface area contributed by atoms with E-state index in [4.69, 9.17) is 0 Å². The van der Waals surface area contributed by atoms with Gasteiger partial charge in [-0.25, -0.2) is 4.98 Å². The number of H-pyrrole nitrogens is 2. The van der Waals surface area contributed by atoms with Crippen LogP contribution in [0.3, 0.4) is 0 Å². The summed E-state index contributed by atoms with van der Waals surface area (Å²) in [6.07, 6.45) is 3.58. The predicted octanol–water partition coefficient (Wildman–Crippen LogP) is 0.961. The van der Waals surface area contributed by atoms with E-state index < -0.39 is 0 Å². The fourth-order valence-electron chi connectivity index (χ4n) is 1.99. The second-order valence-corrected chi connectivity index (χ2v) is 4.36. The zero-order valence-corrected chi connectivity index (χ0v) is 10.7. The van der Waals surface area contributed by atoms with Gasteiger partial charge in [-0.1, -0.05) is 0 Å². The van der Waals surface area contributed by atoms with Gasteiger partial charge >= 0.3 is 0 Å². The van der Waals surface area contributed by atoms with Gasteiger partial charge < -0.3 is 10.3 Å². The minimum Gasteiger partial charge on any atom is -0.310 e. The third-order valence-corrected chi connectivity index (χ3v) is 2.86. The smallest absolute Gasteiger partial charge is 0.255 e. The molecule has 6 nitrogen and oxygen atoms in total. The molecule has 0 saturated carbocycles. The lowest BCUT2D eigenvalue weighted by Gasteiger charge is -2.14. The van der Waals surface area contributed by atoms with Crippen molar-refractivity contribution in [1.29, 1.82) is 0 Å². The molecule has 0 aliphatic carbocycles. The quantitative estimate of drug-likeness (QED) is 0.751. The summed E-state index contributed by atoms with van der Waals surface area (Å²) in [5.74, 6) is 0.642. The molecule has 0 amide bonds. The van der Waals surface area contributed by atoms with Crippen molar-refractivity contribution >= 4 is 0 Å². The molecule has 0 aliphatic rings. The van der Waals surface area contributed by atoms with Crippen LogP contribution < -0.4 is 10.9 Å². The van der Waals surface area contributed by atoms with Crippen molar-refractivity contribution in [3.63, 3.8) is 0 Å². The van der Waals surface area contributed by atoms with Crippen LogP contribution in [-0.4, -0.2) is 20.2 Å². The maximum Gasteiger partial charge on any atom is 0.255 e. The van der Waals surface area contributed by atoms with Gasteiger partial charge in [0.25, 0.3) is 5.56 Å². The van der Waals surface area contributed by atoms with E-state index in [9.17, 15) is 4.79 Å². The van der Waals surface area contributed by atoms with E-state index in [1.807, 2.05) is 20.0 Å². The van der Waals surface area contributed by atoms with Crippen molar-refractivity contribution in [2.45, 2.75) is 33.4 Å². The molecule has 1 unspecified atom stereocenters. The highest BCUT2D eigenvalue weighted by Gasteiger charge is 2.14. The molecule has 2 heterocycles. The second-order valence-electron chi connectivity index (χ2n) is 4.36. The standard InChI is InChI=1S/C12H17N5O/c1-7(13-4-10-5-14-15-6-10)11-8(2)16-9(3)17-12(11)18/h5-7,13H,4H2,1-3H3,(H,14,15)(H,16,17,18). The van der Waals surface area contributed by atoms with Gasteiger partial charge in [-0.2, -0.15) is 5.10 Å². The first-order valence-electron chi connectivity index (χ1n) is 5.86. The Labute approximate surface area is 105 Å². The summed E-state index contributed by atoms with van der Waals surface area (Å²) in [7, 11) is 0. The van der Waals surface area contributed by atoms with Crippen LogP contribution in [0.25, 0.3) is 0 Å². The number of rotatable bonds is 4. The van der Waals surface area contributed by atoms with Crippen molar-refractivity contribution in [3.05, 3.63) is 45.4 Å². The molecule has 2 aromatic heterocycles. The lowest BCUT2D eigenvalue weighted by Crippen LogP contribution is -2.27. The number of aromatic amines is 2. The highest BCUT2D eigenvalue weighted by Crippen LogP contribution is 2.11. The van der Waals surface area contributed by atoms with E-state index in [1.54, 1.807) is 13.1 Å². The third-order valence-electron chi connectivity index (χ3n) is 2.86. The van der Waals surface area contributed by atoms with Crippen molar-refractivity contribution < 1.29 is 0 Å². The molecule has 0 aromatic carbocycles. The lowest BCUT2D eigenvalue weighted by molar-refractivity contribution is 0.562. The Bertz CT molecular complexity index is 573. The van der Waals surface area contributed by atoms with E-state index in [1.165, 1.54) is 0 Å². The first kappa shape index (κ1) is 12.5. The highest BCUT2D eigenvalue weighted by molar-refractivity contribution is 5.20. The molecule has 3 N–H and O–H groups in total. The molecule has 0 radical (unpaired) electrons. The van der Waals surface area contributed by atoms with Crippen LogP contribution in [0.4, 0.5) is 0 Å². The molecule has 2 rings (SSSR count). The van der Waals surface area contributed by atoms with Crippen molar-refractivity contribution in [1.82, 2.24) is 25.5 Å². The van der Waals surface area contributed by atoms with Crippen molar-refractivity contribution in [2.75, 3.05) is 0 Å². The zero-order chi connectivity index (χ0) is 13.1. The number of aromatic nitrogens is 4. The Morgan fingerprint density at radius 2 is 2.22 bits per heavy atom. The van der Waals surface area contributed by atoms with Gasteiger partial charge in [-0.15, -0.1) is 0 Å². The van der Waals surface area contributed by atoms with Crippen molar-refractivity contribution in [3.8, 4) is 0 Å². The zero-order valence-electron chi connectivity index (χ0n) is 10.7. The van der Waals surface area contributed by atoms with Gasteiger partial charge in [0.15, 0.2) is 0 Å². The Balaban J connectivity index is 2.14. The van der Waals surface area contributed by atoms with Crippen LogP contribution in [0, 0.1) is 13.8 Å². The summed E-state index contributed by atoms with van der Waals surface area (Å²) in [4.78, 5) is 18.9. The van der Waals surface area contributed by atoms with Gasteiger partial charge in [0.1, 0.15) is 5.82 Å². The summed E-state index contributed by atoms with van der Waals surface area (Å²) >= 11 is 0. The molecule has 96 valence electrons. The van der Waals surface area contributed by atoms with E-state index in [0.29, 0.717) is 17.9 Å². The summed E-state index contributed by atoms with van der Waals surface area (Å²) < 4.78 is 0. The van der Waals surface area contributed by atoms with Gasteiger partial charge in [0, 0.05) is 30.0 Å². The van der Waals surface area contributed by atoms with Crippen LogP contribution in [0.2, 0.25) is 0 Å². The summed E-state index contributed by atoms with van der Waals surface area (Å²) in [5.41, 5.74) is 2.43. The molecule has 0 bridgehead atoms. The third kappa shape index (κ3) is 2.65. The normalized spacial score (nSPS) is 12.6. The number of hydrogen-bond donors (Lipinski definition) is 3. The van der Waals surface area contributed by atoms with E-state index in [-0.39, 0.29) is 11.6 Å². The number of nitrogens with zero attached hydrogens (tertiary/aromatic N) is 2. The van der Waals surface area contributed by atoms with Gasteiger partial charge in [-0.3, -0.25) is 9.89 Å². The Kier molecular flexibility index (Phi) is 3.57. The van der Waals surface area contributed by atoms with E-state index in [2.05, 4.69) is 25.5 Å². The lowest BCUT2D eigenvalue weighted by atomic mass is 10.1. The molecule has 0 aliphatic heterocycles. The second kappa shape index (κ2) is 5.14. The molecule has 2 aromatic rings. The van der Waals surface area contributed by atoms with E-state index >= 15 is 0 Å². The molecular formula is C12H17N5O. The van der Waals surface area contributed by atoms with Gasteiger partial charge in [-0.05, 0) is 20.8 Å². The first-order valence-corrected chi connectivity index (χ1v) is 5.86. The average molecular weight is 247 g/mol. The molecule has 0 saturated heterocycles. The minimum atomic E-state index is -0.0767. The van der Waals surface area contributed by atoms with Crippen LogP contribution >= 0.6 is 0 Å². The van der Waals surface area contributed by atoms with Gasteiger partial charge in [0.05, 0.1) is 11.8 Å². The predicted molar refractivity (Wildman–Crippen MR) is 68.2 cm³/mol. The largest absolute Gasteiger partial charge is 0.310 e. The van der Waals surface area contributed by atoms with Crippen LogP contribution in [0.5, 0.6) is 0 Å². The minimum absolute atomic E-state index is 0.0586. The molecule has 0 fully saturated rings. The Morgan fingerprint density at radius 3 is 2.83 bits per heavy atom. The number of hydrogen-bond acceptors (Lipinski definition) is 4. The maximum atomic E-state index is 11.9. The summed E-state index contributed by atoms with van der Waals surface area (Å²) in [5, 5.41) is 9.91. The number of aryl methyl sites for hydroxylation is 2. The van der Waals surface area contributed by atoms with Gasteiger partial charge in [0.2, 0.25) is 0 Å². The first-order chi connectivity index (χ1) is 8.58. The SMILES string of the molecule is Cc1nc(C)c(C(C)NCc2cn[nH]c2)c(=O)[nH]1. The molecule has 1 atom stereocenters. The van der Waals surface area contributed by atoms with Crippen LogP contribution in [-0.2, 0) is 6.54 Å². The molecule has 6 heteroatoms. The average Bonchev–Trinajstić information content (AvgIpc) is 2.77. The fraction of sp³-hybridized carbons (Fsp3) is 0.417. The van der Waals surface area contributed by atoms with E-state index in [0.717, 1.165) is 11.3 Å². The topological polar surface area (TPSA) is 86.5 Å². The van der Waals surface area contributed by atoms with Crippen molar-refractivity contribution in [2.24, 2.45) is 0 Å². The Hall–Kier alpha value is -1.95.